The molecule has 6 nitrogen and oxygen atoms in total. The van der Waals surface area contributed by atoms with Gasteiger partial charge in [-0.3, -0.25) is 10.1 Å². The van der Waals surface area contributed by atoms with E-state index < -0.39 is 0 Å². The first-order chi connectivity index (χ1) is 13.2. The van der Waals surface area contributed by atoms with Crippen molar-refractivity contribution in [2.24, 2.45) is 0 Å². The van der Waals surface area contributed by atoms with Gasteiger partial charge in [0.2, 0.25) is 0 Å². The molecule has 0 unspecified atom stereocenters. The number of imidazole rings is 1. The molecule has 7 heteroatoms. The molecule has 5 rings (SSSR count). The maximum Gasteiger partial charge on any atom is 0.261 e. The molecule has 1 amide bonds. The van der Waals surface area contributed by atoms with Gasteiger partial charge in [-0.1, -0.05) is 18.2 Å². The van der Waals surface area contributed by atoms with Crippen molar-refractivity contribution in [3.63, 3.8) is 0 Å². The van der Waals surface area contributed by atoms with Crippen molar-refractivity contribution >= 4 is 39.0 Å². The largest absolute Gasteiger partial charge is 0.456 e. The lowest BCUT2D eigenvalue weighted by Gasteiger charge is -2.07. The number of hydrogen-bond donors (Lipinski definition) is 1. The van der Waals surface area contributed by atoms with Crippen molar-refractivity contribution in [1.29, 1.82) is 0 Å². The average molecular weight is 374 g/mol. The van der Waals surface area contributed by atoms with Gasteiger partial charge in [-0.15, -0.1) is 11.3 Å². The summed E-state index contributed by atoms with van der Waals surface area (Å²) in [5, 5.41) is 6.33. The molecule has 0 radical (unpaired) electrons. The molecule has 5 aromatic rings. The van der Waals surface area contributed by atoms with Crippen LogP contribution in [0.1, 0.15) is 16.1 Å². The van der Waals surface area contributed by atoms with Crippen LogP contribution >= 0.6 is 11.3 Å². The summed E-state index contributed by atoms with van der Waals surface area (Å²) >= 11 is 1.39. The molecule has 0 saturated carbocycles. The molecular weight excluding hydrogens is 360 g/mol. The molecule has 0 aliphatic heterocycles. The van der Waals surface area contributed by atoms with Crippen LogP contribution in [0.2, 0.25) is 0 Å². The third-order valence-corrected chi connectivity index (χ3v) is 5.16. The summed E-state index contributed by atoms with van der Waals surface area (Å²) in [4.78, 5) is 21.5. The number of carbonyl (C=O) groups excluding carboxylic acids is 1. The van der Waals surface area contributed by atoms with E-state index in [0.717, 1.165) is 22.2 Å². The highest BCUT2D eigenvalue weighted by Gasteiger charge is 2.17. The molecule has 4 aromatic heterocycles. The quantitative estimate of drug-likeness (QED) is 0.494. The van der Waals surface area contributed by atoms with Gasteiger partial charge in [0.25, 0.3) is 5.91 Å². The van der Waals surface area contributed by atoms with Crippen LogP contribution in [0.3, 0.4) is 0 Å². The van der Waals surface area contributed by atoms with Gasteiger partial charge in [-0.05, 0) is 25.1 Å². The fourth-order valence-electron chi connectivity index (χ4n) is 3.03. The first kappa shape index (κ1) is 15.8. The van der Waals surface area contributed by atoms with Crippen LogP contribution in [0.15, 0.2) is 64.8 Å². The molecule has 0 aliphatic carbocycles. The fourth-order valence-corrected chi connectivity index (χ4v) is 3.72. The number of fused-ring (bicyclic) bond motifs is 2. The molecule has 0 saturated heterocycles. The molecule has 27 heavy (non-hydrogen) atoms. The Morgan fingerprint density at radius 1 is 1.26 bits per heavy atom. The van der Waals surface area contributed by atoms with E-state index in [1.165, 1.54) is 11.3 Å². The van der Waals surface area contributed by atoms with Crippen LogP contribution in [-0.4, -0.2) is 20.3 Å². The van der Waals surface area contributed by atoms with Crippen molar-refractivity contribution < 1.29 is 9.21 Å². The van der Waals surface area contributed by atoms with E-state index in [2.05, 4.69) is 15.3 Å². The molecule has 1 aromatic carbocycles. The van der Waals surface area contributed by atoms with E-state index >= 15 is 0 Å². The average Bonchev–Trinajstić information content (AvgIpc) is 3.39. The SMILES string of the molecule is Cc1csc(NC(=O)c2cc(-c3cc4ccccc4o3)cn3ccnc23)n1. The second kappa shape index (κ2) is 6.07. The van der Waals surface area contributed by atoms with Crippen molar-refractivity contribution in [3.8, 4) is 11.3 Å². The Bertz CT molecular complexity index is 1260. The number of pyridine rings is 1. The number of benzene rings is 1. The van der Waals surface area contributed by atoms with Gasteiger partial charge in [0.1, 0.15) is 17.0 Å². The summed E-state index contributed by atoms with van der Waals surface area (Å²) < 4.78 is 7.78. The van der Waals surface area contributed by atoms with Gasteiger partial charge in [0, 0.05) is 34.9 Å². The fraction of sp³-hybridized carbons (Fsp3) is 0.0500. The first-order valence-electron chi connectivity index (χ1n) is 8.36. The second-order valence-corrected chi connectivity index (χ2v) is 7.06. The highest BCUT2D eigenvalue weighted by molar-refractivity contribution is 7.13. The molecule has 0 spiro atoms. The van der Waals surface area contributed by atoms with Gasteiger partial charge in [0.15, 0.2) is 5.13 Å². The van der Waals surface area contributed by atoms with Crippen molar-refractivity contribution in [3.05, 3.63) is 71.6 Å². The zero-order valence-electron chi connectivity index (χ0n) is 14.3. The van der Waals surface area contributed by atoms with Crippen molar-refractivity contribution in [2.45, 2.75) is 6.92 Å². The minimum absolute atomic E-state index is 0.251. The maximum atomic E-state index is 12.9. The Kier molecular flexibility index (Phi) is 3.54. The molecule has 132 valence electrons. The number of aromatic nitrogens is 3. The zero-order valence-corrected chi connectivity index (χ0v) is 15.2. The van der Waals surface area contributed by atoms with E-state index in [1.54, 1.807) is 12.3 Å². The number of carbonyl (C=O) groups is 1. The van der Waals surface area contributed by atoms with Gasteiger partial charge in [-0.25, -0.2) is 9.97 Å². The molecular formula is C20H14N4O2S. The molecule has 0 fully saturated rings. The number of anilines is 1. The lowest BCUT2D eigenvalue weighted by molar-refractivity contribution is 0.102. The van der Waals surface area contributed by atoms with E-state index in [-0.39, 0.29) is 5.91 Å². The summed E-state index contributed by atoms with van der Waals surface area (Å²) in [5.74, 6) is 0.449. The second-order valence-electron chi connectivity index (χ2n) is 6.20. The number of aryl methyl sites for hydroxylation is 1. The van der Waals surface area contributed by atoms with Crippen LogP contribution in [-0.2, 0) is 0 Å². The normalized spacial score (nSPS) is 11.3. The topological polar surface area (TPSA) is 72.4 Å². The van der Waals surface area contributed by atoms with Crippen molar-refractivity contribution in [2.75, 3.05) is 5.32 Å². The monoisotopic (exact) mass is 374 g/mol. The minimum Gasteiger partial charge on any atom is -0.456 e. The minimum atomic E-state index is -0.251. The van der Waals surface area contributed by atoms with E-state index in [0.29, 0.717) is 22.1 Å². The summed E-state index contributed by atoms with van der Waals surface area (Å²) in [6.07, 6.45) is 5.39. The Morgan fingerprint density at radius 3 is 2.96 bits per heavy atom. The van der Waals surface area contributed by atoms with E-state index in [4.69, 9.17) is 4.42 Å². The molecule has 0 atom stereocenters. The summed E-state index contributed by atoms with van der Waals surface area (Å²) in [5.41, 5.74) is 3.53. The van der Waals surface area contributed by atoms with Gasteiger partial charge in [0.05, 0.1) is 11.3 Å². The summed E-state index contributed by atoms with van der Waals surface area (Å²) in [6.45, 7) is 1.89. The van der Waals surface area contributed by atoms with Gasteiger partial charge < -0.3 is 8.82 Å². The van der Waals surface area contributed by atoms with Crippen LogP contribution in [0.5, 0.6) is 0 Å². The number of thiazole rings is 1. The molecule has 0 bridgehead atoms. The van der Waals surface area contributed by atoms with Crippen LogP contribution in [0, 0.1) is 6.92 Å². The number of rotatable bonds is 3. The number of amides is 1. The van der Waals surface area contributed by atoms with Crippen LogP contribution in [0.25, 0.3) is 27.9 Å². The number of nitrogens with zero attached hydrogens (tertiary/aromatic N) is 3. The molecule has 4 heterocycles. The van der Waals surface area contributed by atoms with Crippen LogP contribution in [0.4, 0.5) is 5.13 Å². The predicted molar refractivity (Wildman–Crippen MR) is 105 cm³/mol. The predicted octanol–water partition coefficient (Wildman–Crippen LogP) is 4.76. The lowest BCUT2D eigenvalue weighted by Crippen LogP contribution is -2.13. The van der Waals surface area contributed by atoms with Gasteiger partial charge in [-0.2, -0.15) is 0 Å². The summed E-state index contributed by atoms with van der Waals surface area (Å²) in [6, 6.07) is 11.6. The number of furan rings is 1. The highest BCUT2D eigenvalue weighted by Crippen LogP contribution is 2.29. The van der Waals surface area contributed by atoms with E-state index in [1.807, 2.05) is 59.4 Å². The first-order valence-corrected chi connectivity index (χ1v) is 9.24. The smallest absolute Gasteiger partial charge is 0.261 e. The lowest BCUT2D eigenvalue weighted by atomic mass is 10.1. The Labute approximate surface area is 158 Å². The third kappa shape index (κ3) is 2.78. The summed E-state index contributed by atoms with van der Waals surface area (Å²) in [7, 11) is 0. The highest BCUT2D eigenvalue weighted by atomic mass is 32.1. The molecule has 0 aliphatic rings. The van der Waals surface area contributed by atoms with Crippen LogP contribution < -0.4 is 5.32 Å². The number of para-hydroxylation sites is 1. The van der Waals surface area contributed by atoms with E-state index in [9.17, 15) is 4.79 Å². The Morgan fingerprint density at radius 2 is 2.15 bits per heavy atom. The third-order valence-electron chi connectivity index (χ3n) is 4.28. The number of hydrogen-bond acceptors (Lipinski definition) is 5. The molecule has 1 N–H and O–H groups in total. The maximum absolute atomic E-state index is 12.9. The Hall–Kier alpha value is -3.45. The standard InChI is InChI=1S/C20H14N4O2S/c1-12-11-27-20(22-12)23-19(25)15-8-14(10-24-7-6-21-18(15)24)17-9-13-4-2-3-5-16(13)26-17/h2-11H,1H3,(H,22,23,25). The zero-order chi connectivity index (χ0) is 18.4. The number of nitrogens with one attached hydrogen (secondary N) is 1. The van der Waals surface area contributed by atoms with Crippen molar-refractivity contribution in [1.82, 2.24) is 14.4 Å². The Balaban J connectivity index is 1.61. The van der Waals surface area contributed by atoms with Gasteiger partial charge >= 0.3 is 0 Å².